The van der Waals surface area contributed by atoms with Gasteiger partial charge in [-0.1, -0.05) is 48.2 Å². The Morgan fingerprint density at radius 3 is 2.69 bits per heavy atom. The monoisotopic (exact) mass is 494 g/mol. The summed E-state index contributed by atoms with van der Waals surface area (Å²) in [4.78, 5) is 30.4. The van der Waals surface area contributed by atoms with Crippen molar-refractivity contribution in [3.05, 3.63) is 112 Å². The van der Waals surface area contributed by atoms with Crippen LogP contribution in [0.15, 0.2) is 89.1 Å². The number of aromatic nitrogens is 3. The van der Waals surface area contributed by atoms with E-state index >= 15 is 0 Å². The normalized spacial score (nSPS) is 11.0. The lowest BCUT2D eigenvalue weighted by molar-refractivity contribution is 0.0601. The molecule has 0 amide bonds. The van der Waals surface area contributed by atoms with Gasteiger partial charge >= 0.3 is 5.97 Å². The summed E-state index contributed by atoms with van der Waals surface area (Å²) in [6.45, 7) is 0.454. The van der Waals surface area contributed by atoms with E-state index in [1.54, 1.807) is 22.8 Å². The molecular weight excluding hydrogens is 472 g/mol. The summed E-state index contributed by atoms with van der Waals surface area (Å²) in [6.07, 6.45) is 4.51. The summed E-state index contributed by atoms with van der Waals surface area (Å²) in [5.74, 6) is -0.0230. The fourth-order valence-electron chi connectivity index (χ4n) is 4.20. The number of carbonyl (C=O) groups is 1. The molecule has 178 valence electrons. The van der Waals surface area contributed by atoms with Gasteiger partial charge in [0.25, 0.3) is 5.56 Å². The highest BCUT2D eigenvalue weighted by atomic mass is 32.2. The van der Waals surface area contributed by atoms with Crippen LogP contribution < -0.4 is 5.56 Å². The fourth-order valence-corrected chi connectivity index (χ4v) is 5.19. The fraction of sp³-hybridized carbons (Fsp3) is 0.143. The minimum Gasteiger partial charge on any atom is -0.465 e. The predicted octanol–water partition coefficient (Wildman–Crippen LogP) is 4.84. The molecule has 0 atom stereocenters. The van der Waals surface area contributed by atoms with Gasteiger partial charge in [0.2, 0.25) is 0 Å². The number of fused-ring (bicyclic) bond motifs is 2. The number of thioether (sulfide) groups is 1. The lowest BCUT2D eigenvalue weighted by atomic mass is 10.1. The number of benzene rings is 2. The number of ether oxygens (including phenoxy) is 1. The van der Waals surface area contributed by atoms with Crippen LogP contribution in [0.25, 0.3) is 16.4 Å². The van der Waals surface area contributed by atoms with Gasteiger partial charge in [-0.05, 0) is 47.9 Å². The molecule has 0 bridgehead atoms. The van der Waals surface area contributed by atoms with Crippen LogP contribution >= 0.6 is 11.8 Å². The number of carbonyl (C=O) groups excluding carboxylic acids is 1. The van der Waals surface area contributed by atoms with Crippen LogP contribution in [0.4, 0.5) is 0 Å². The smallest absolute Gasteiger partial charge is 0.337 e. The SMILES string of the molecule is COC(=O)c1ccc2c(=O)n(CCc3ccccc3)c(SCc3cn4ccccc4c3C#N)nc2c1. The predicted molar refractivity (Wildman–Crippen MR) is 139 cm³/mol. The second kappa shape index (κ2) is 10.1. The molecule has 0 spiro atoms. The zero-order chi connectivity index (χ0) is 25.1. The van der Waals surface area contributed by atoms with Gasteiger partial charge in [0.1, 0.15) is 6.07 Å². The maximum absolute atomic E-state index is 13.5. The zero-order valence-electron chi connectivity index (χ0n) is 19.5. The molecule has 36 heavy (non-hydrogen) atoms. The van der Waals surface area contributed by atoms with Crippen molar-refractivity contribution < 1.29 is 9.53 Å². The molecule has 0 aliphatic heterocycles. The topological polar surface area (TPSA) is 89.4 Å². The minimum absolute atomic E-state index is 0.169. The molecule has 0 aliphatic rings. The lowest BCUT2D eigenvalue weighted by Crippen LogP contribution is -2.24. The number of hydrogen-bond donors (Lipinski definition) is 0. The molecule has 0 saturated carbocycles. The Balaban J connectivity index is 1.55. The van der Waals surface area contributed by atoms with Crippen LogP contribution in [-0.2, 0) is 23.5 Å². The van der Waals surface area contributed by atoms with E-state index in [4.69, 9.17) is 9.72 Å². The highest BCUT2D eigenvalue weighted by Gasteiger charge is 2.17. The van der Waals surface area contributed by atoms with Gasteiger partial charge in [0, 0.05) is 24.7 Å². The van der Waals surface area contributed by atoms with E-state index in [-0.39, 0.29) is 5.56 Å². The van der Waals surface area contributed by atoms with Gasteiger partial charge in [-0.3, -0.25) is 9.36 Å². The summed E-state index contributed by atoms with van der Waals surface area (Å²) in [5, 5.41) is 10.7. The number of nitriles is 1. The van der Waals surface area contributed by atoms with Crippen molar-refractivity contribution >= 4 is 34.2 Å². The molecule has 5 aromatic rings. The maximum atomic E-state index is 13.5. The van der Waals surface area contributed by atoms with E-state index in [0.717, 1.165) is 16.6 Å². The van der Waals surface area contributed by atoms with Gasteiger partial charge in [-0.25, -0.2) is 9.78 Å². The van der Waals surface area contributed by atoms with Gasteiger partial charge in [-0.2, -0.15) is 5.26 Å². The van der Waals surface area contributed by atoms with Gasteiger partial charge in [-0.15, -0.1) is 0 Å². The molecule has 0 aliphatic carbocycles. The molecule has 2 aromatic carbocycles. The second-order valence-electron chi connectivity index (χ2n) is 8.23. The average Bonchev–Trinajstić information content (AvgIpc) is 3.28. The highest BCUT2D eigenvalue weighted by Crippen LogP contribution is 2.27. The van der Waals surface area contributed by atoms with E-state index in [2.05, 4.69) is 6.07 Å². The maximum Gasteiger partial charge on any atom is 0.337 e. The molecule has 0 radical (unpaired) electrons. The lowest BCUT2D eigenvalue weighted by Gasteiger charge is -2.13. The van der Waals surface area contributed by atoms with Crippen molar-refractivity contribution in [2.24, 2.45) is 0 Å². The quantitative estimate of drug-likeness (QED) is 0.183. The van der Waals surface area contributed by atoms with Crippen molar-refractivity contribution in [1.29, 1.82) is 5.26 Å². The largest absolute Gasteiger partial charge is 0.465 e. The van der Waals surface area contributed by atoms with Crippen molar-refractivity contribution in [3.8, 4) is 6.07 Å². The average molecular weight is 495 g/mol. The first-order valence-electron chi connectivity index (χ1n) is 11.4. The first-order chi connectivity index (χ1) is 17.6. The van der Waals surface area contributed by atoms with Crippen LogP contribution in [0.5, 0.6) is 0 Å². The molecule has 3 aromatic heterocycles. The molecule has 0 fully saturated rings. The number of methoxy groups -OCH3 is 1. The Labute approximate surface area is 211 Å². The van der Waals surface area contributed by atoms with Crippen LogP contribution in [0.3, 0.4) is 0 Å². The zero-order valence-corrected chi connectivity index (χ0v) is 20.4. The first kappa shape index (κ1) is 23.4. The van der Waals surface area contributed by atoms with Crippen LogP contribution in [0, 0.1) is 11.3 Å². The van der Waals surface area contributed by atoms with Gasteiger partial charge in [0.05, 0.1) is 34.7 Å². The van der Waals surface area contributed by atoms with Crippen LogP contribution in [0.2, 0.25) is 0 Å². The molecule has 0 N–H and O–H groups in total. The number of pyridine rings is 1. The first-order valence-corrected chi connectivity index (χ1v) is 12.4. The number of hydrogen-bond acceptors (Lipinski definition) is 6. The van der Waals surface area contributed by atoms with Gasteiger partial charge in [0.15, 0.2) is 5.16 Å². The molecule has 3 heterocycles. The Morgan fingerprint density at radius 2 is 1.92 bits per heavy atom. The van der Waals surface area contributed by atoms with Crippen molar-refractivity contribution in [2.45, 2.75) is 23.9 Å². The van der Waals surface area contributed by atoms with Crippen molar-refractivity contribution in [3.63, 3.8) is 0 Å². The summed E-state index contributed by atoms with van der Waals surface area (Å²) in [5.41, 5.74) is 4.02. The third-order valence-corrected chi connectivity index (χ3v) is 7.06. The summed E-state index contributed by atoms with van der Waals surface area (Å²) in [7, 11) is 1.32. The number of aryl methyl sites for hydroxylation is 1. The van der Waals surface area contributed by atoms with E-state index in [0.29, 0.717) is 45.9 Å². The van der Waals surface area contributed by atoms with Crippen LogP contribution in [-0.4, -0.2) is 27.0 Å². The minimum atomic E-state index is -0.486. The van der Waals surface area contributed by atoms with Gasteiger partial charge < -0.3 is 9.14 Å². The molecule has 5 rings (SSSR count). The van der Waals surface area contributed by atoms with Crippen molar-refractivity contribution in [2.75, 3.05) is 7.11 Å². The Bertz CT molecular complexity index is 1680. The van der Waals surface area contributed by atoms with E-state index in [9.17, 15) is 14.9 Å². The Hall–Kier alpha value is -4.35. The number of rotatable bonds is 7. The molecule has 7 nitrogen and oxygen atoms in total. The molecule has 8 heteroatoms. The van der Waals surface area contributed by atoms with Crippen LogP contribution in [0.1, 0.15) is 27.0 Å². The molecular formula is C28H22N4O3S. The van der Waals surface area contributed by atoms with Crippen molar-refractivity contribution in [1.82, 2.24) is 14.0 Å². The second-order valence-corrected chi connectivity index (χ2v) is 9.18. The third-order valence-electron chi connectivity index (χ3n) is 6.04. The summed E-state index contributed by atoms with van der Waals surface area (Å²) >= 11 is 1.40. The molecule has 0 unspecified atom stereocenters. The third kappa shape index (κ3) is 4.49. The number of nitrogens with zero attached hydrogens (tertiary/aromatic N) is 4. The molecule has 0 saturated heterocycles. The number of esters is 1. The Morgan fingerprint density at radius 1 is 1.11 bits per heavy atom. The standard InChI is InChI=1S/C28H22N4O3S/c1-35-27(34)20-10-11-22-24(15-20)30-28(32(26(22)33)14-12-19-7-3-2-4-8-19)36-18-21-17-31-13-6-5-9-25(31)23(21)16-29/h2-11,13,15,17H,12,14,18H2,1H3. The summed E-state index contributed by atoms with van der Waals surface area (Å²) in [6, 6.07) is 22.8. The van der Waals surface area contributed by atoms with E-state index in [1.807, 2.05) is 65.3 Å². The summed E-state index contributed by atoms with van der Waals surface area (Å²) < 4.78 is 8.43. The van der Waals surface area contributed by atoms with E-state index in [1.165, 1.54) is 18.9 Å². The Kier molecular flexibility index (Phi) is 6.56. The van der Waals surface area contributed by atoms with E-state index < -0.39 is 5.97 Å². The highest BCUT2D eigenvalue weighted by molar-refractivity contribution is 7.98.